The van der Waals surface area contributed by atoms with E-state index in [4.69, 9.17) is 10.5 Å². The molecule has 0 unspecified atom stereocenters. The fourth-order valence-electron chi connectivity index (χ4n) is 2.64. The van der Waals surface area contributed by atoms with Gasteiger partial charge in [0.1, 0.15) is 11.4 Å². The molecular weight excluding hydrogens is 250 g/mol. The minimum Gasteiger partial charge on any atom is -0.486 e. The fraction of sp³-hybridized carbons (Fsp3) is 0.625. The lowest BCUT2D eigenvalue weighted by Crippen LogP contribution is -2.44. The van der Waals surface area contributed by atoms with Crippen LogP contribution >= 0.6 is 0 Å². The van der Waals surface area contributed by atoms with E-state index >= 15 is 0 Å². The Hall–Kier alpha value is -1.26. The number of ether oxygens (including phenoxy) is 1. The molecule has 0 saturated carbocycles. The van der Waals surface area contributed by atoms with Gasteiger partial charge in [-0.05, 0) is 25.0 Å². The first-order chi connectivity index (χ1) is 9.73. The van der Waals surface area contributed by atoms with Crippen molar-refractivity contribution in [1.29, 1.82) is 0 Å². The molecule has 0 atom stereocenters. The van der Waals surface area contributed by atoms with Crippen molar-refractivity contribution in [2.24, 2.45) is 5.73 Å². The van der Waals surface area contributed by atoms with Gasteiger partial charge >= 0.3 is 0 Å². The van der Waals surface area contributed by atoms with E-state index < -0.39 is 0 Å². The van der Waals surface area contributed by atoms with Crippen molar-refractivity contribution in [2.45, 2.75) is 32.3 Å². The predicted molar refractivity (Wildman–Crippen MR) is 84.5 cm³/mol. The molecule has 0 radical (unpaired) electrons. The van der Waals surface area contributed by atoms with Gasteiger partial charge in [0.2, 0.25) is 0 Å². The molecule has 1 aromatic carbocycles. The van der Waals surface area contributed by atoms with E-state index in [1.165, 1.54) is 5.69 Å². The van der Waals surface area contributed by atoms with Gasteiger partial charge in [-0.1, -0.05) is 19.9 Å². The van der Waals surface area contributed by atoms with Crippen LogP contribution in [0, 0.1) is 0 Å². The molecule has 1 aliphatic rings. The summed E-state index contributed by atoms with van der Waals surface area (Å²) < 4.78 is 6.21. The van der Waals surface area contributed by atoms with Crippen molar-refractivity contribution in [3.63, 3.8) is 0 Å². The molecule has 1 fully saturated rings. The summed E-state index contributed by atoms with van der Waals surface area (Å²) in [7, 11) is 0. The zero-order valence-corrected chi connectivity index (χ0v) is 12.7. The van der Waals surface area contributed by atoms with Crippen LogP contribution < -0.4 is 20.7 Å². The van der Waals surface area contributed by atoms with Gasteiger partial charge in [-0.3, -0.25) is 0 Å². The van der Waals surface area contributed by atoms with E-state index in [-0.39, 0.29) is 5.60 Å². The number of anilines is 1. The van der Waals surface area contributed by atoms with Crippen molar-refractivity contribution in [1.82, 2.24) is 5.32 Å². The van der Waals surface area contributed by atoms with Crippen LogP contribution in [0.25, 0.3) is 0 Å². The minimum absolute atomic E-state index is 0.234. The molecule has 112 valence electrons. The van der Waals surface area contributed by atoms with Gasteiger partial charge in [-0.25, -0.2) is 0 Å². The average Bonchev–Trinajstić information content (AvgIpc) is 2.54. The molecule has 1 saturated heterocycles. The Kier molecular flexibility index (Phi) is 5.26. The first-order valence-corrected chi connectivity index (χ1v) is 7.68. The smallest absolute Gasteiger partial charge is 0.122 e. The van der Waals surface area contributed by atoms with Crippen LogP contribution in [0.2, 0.25) is 0 Å². The summed E-state index contributed by atoms with van der Waals surface area (Å²) >= 11 is 0. The zero-order chi connectivity index (χ0) is 14.4. The van der Waals surface area contributed by atoms with Crippen molar-refractivity contribution >= 4 is 5.69 Å². The van der Waals surface area contributed by atoms with Crippen LogP contribution in [-0.2, 0) is 0 Å². The highest BCUT2D eigenvalue weighted by molar-refractivity contribution is 5.51. The molecule has 0 amide bonds. The number of piperazine rings is 1. The number of benzene rings is 1. The van der Waals surface area contributed by atoms with Gasteiger partial charge in [0.15, 0.2) is 0 Å². The lowest BCUT2D eigenvalue weighted by atomic mass is 9.97. The van der Waals surface area contributed by atoms with Crippen LogP contribution in [0.3, 0.4) is 0 Å². The summed E-state index contributed by atoms with van der Waals surface area (Å²) in [6.45, 7) is 9.01. The summed E-state index contributed by atoms with van der Waals surface area (Å²) in [5, 5.41) is 3.38. The van der Waals surface area contributed by atoms with E-state index in [0.29, 0.717) is 6.54 Å². The minimum atomic E-state index is -0.234. The summed E-state index contributed by atoms with van der Waals surface area (Å²) in [5.41, 5.74) is 6.92. The maximum Gasteiger partial charge on any atom is 0.122 e. The molecule has 0 aliphatic carbocycles. The first-order valence-electron chi connectivity index (χ1n) is 7.68. The Morgan fingerprint density at radius 3 is 2.55 bits per heavy atom. The second kappa shape index (κ2) is 6.95. The third kappa shape index (κ3) is 3.44. The Bertz CT molecular complexity index is 404. The topological polar surface area (TPSA) is 50.5 Å². The maximum atomic E-state index is 6.21. The largest absolute Gasteiger partial charge is 0.486 e. The Morgan fingerprint density at radius 2 is 1.95 bits per heavy atom. The molecule has 4 nitrogen and oxygen atoms in total. The molecule has 0 spiro atoms. The second-order valence-electron chi connectivity index (χ2n) is 5.43. The van der Waals surface area contributed by atoms with E-state index in [2.05, 4.69) is 42.3 Å². The summed E-state index contributed by atoms with van der Waals surface area (Å²) in [6.07, 6.45) is 1.86. The summed E-state index contributed by atoms with van der Waals surface area (Å²) in [4.78, 5) is 2.39. The van der Waals surface area contributed by atoms with Gasteiger partial charge in [0.25, 0.3) is 0 Å². The van der Waals surface area contributed by atoms with Crippen LogP contribution in [0.4, 0.5) is 5.69 Å². The van der Waals surface area contributed by atoms with E-state index in [0.717, 1.165) is 44.8 Å². The van der Waals surface area contributed by atoms with Crippen LogP contribution in [0.5, 0.6) is 5.75 Å². The second-order valence-corrected chi connectivity index (χ2v) is 5.43. The molecule has 20 heavy (non-hydrogen) atoms. The van der Waals surface area contributed by atoms with Gasteiger partial charge < -0.3 is 20.7 Å². The van der Waals surface area contributed by atoms with E-state index in [1.807, 2.05) is 6.07 Å². The third-order valence-electron chi connectivity index (χ3n) is 4.29. The normalized spacial score (nSPS) is 16.2. The van der Waals surface area contributed by atoms with Gasteiger partial charge in [-0.15, -0.1) is 0 Å². The monoisotopic (exact) mass is 277 g/mol. The number of nitrogens with zero attached hydrogens (tertiary/aromatic N) is 1. The number of hydrogen-bond donors (Lipinski definition) is 2. The molecule has 3 N–H and O–H groups in total. The number of rotatable bonds is 6. The zero-order valence-electron chi connectivity index (χ0n) is 12.7. The third-order valence-corrected chi connectivity index (χ3v) is 4.29. The van der Waals surface area contributed by atoms with Crippen molar-refractivity contribution < 1.29 is 4.74 Å². The van der Waals surface area contributed by atoms with Gasteiger partial charge in [0.05, 0.1) is 0 Å². The standard InChI is InChI=1S/C16H27N3O/c1-3-16(4-2,13-17)20-15-7-5-6-14(12-15)19-10-8-18-9-11-19/h5-7,12,18H,3-4,8-11,13,17H2,1-2H3. The van der Waals surface area contributed by atoms with Crippen LogP contribution in [0.15, 0.2) is 24.3 Å². The maximum absolute atomic E-state index is 6.21. The highest BCUT2D eigenvalue weighted by atomic mass is 16.5. The van der Waals surface area contributed by atoms with E-state index in [9.17, 15) is 0 Å². The van der Waals surface area contributed by atoms with Crippen LogP contribution in [-0.4, -0.2) is 38.3 Å². The average molecular weight is 277 g/mol. The fourth-order valence-corrected chi connectivity index (χ4v) is 2.64. The number of nitrogens with one attached hydrogen (secondary N) is 1. The number of hydrogen-bond acceptors (Lipinski definition) is 4. The predicted octanol–water partition coefficient (Wildman–Crippen LogP) is 1.99. The summed E-state index contributed by atoms with van der Waals surface area (Å²) in [6, 6.07) is 8.39. The molecule has 1 heterocycles. The van der Waals surface area contributed by atoms with Crippen molar-refractivity contribution in [3.05, 3.63) is 24.3 Å². The van der Waals surface area contributed by atoms with Crippen molar-refractivity contribution in [2.75, 3.05) is 37.6 Å². The van der Waals surface area contributed by atoms with Gasteiger partial charge in [0, 0.05) is 44.5 Å². The molecular formula is C16H27N3O. The molecule has 1 aliphatic heterocycles. The Labute approximate surface area is 122 Å². The van der Waals surface area contributed by atoms with E-state index in [1.54, 1.807) is 0 Å². The lowest BCUT2D eigenvalue weighted by molar-refractivity contribution is 0.0692. The lowest BCUT2D eigenvalue weighted by Gasteiger charge is -2.33. The number of nitrogens with two attached hydrogens (primary N) is 1. The summed E-state index contributed by atoms with van der Waals surface area (Å²) in [5.74, 6) is 0.926. The molecule has 4 heteroatoms. The van der Waals surface area contributed by atoms with Crippen molar-refractivity contribution in [3.8, 4) is 5.75 Å². The molecule has 0 bridgehead atoms. The molecule has 2 rings (SSSR count). The van der Waals surface area contributed by atoms with Crippen LogP contribution in [0.1, 0.15) is 26.7 Å². The molecule has 1 aromatic rings. The van der Waals surface area contributed by atoms with Gasteiger partial charge in [-0.2, -0.15) is 0 Å². The highest BCUT2D eigenvalue weighted by Gasteiger charge is 2.26. The SMILES string of the molecule is CCC(CC)(CN)Oc1cccc(N2CCNCC2)c1. The molecule has 0 aromatic heterocycles. The Morgan fingerprint density at radius 1 is 1.25 bits per heavy atom. The first kappa shape index (κ1) is 15.1. The quantitative estimate of drug-likeness (QED) is 0.835. The Balaban J connectivity index is 2.12. The highest BCUT2D eigenvalue weighted by Crippen LogP contribution is 2.27.